The van der Waals surface area contributed by atoms with Gasteiger partial charge >= 0.3 is 0 Å². The molecular weight excluding hydrogens is 426 g/mol. The molecule has 33 heavy (non-hydrogen) atoms. The Labute approximate surface area is 191 Å². The molecule has 174 valence electrons. The molecule has 1 N–H and O–H groups in total. The van der Waals surface area contributed by atoms with Crippen molar-refractivity contribution < 1.29 is 24.0 Å². The summed E-state index contributed by atoms with van der Waals surface area (Å²) in [4.78, 5) is 36.1. The van der Waals surface area contributed by atoms with Gasteiger partial charge in [-0.3, -0.25) is 19.7 Å². The van der Waals surface area contributed by atoms with E-state index in [0.29, 0.717) is 30.9 Å². The summed E-state index contributed by atoms with van der Waals surface area (Å²) in [7, 11) is 1.60. The third-order valence-corrected chi connectivity index (χ3v) is 6.22. The van der Waals surface area contributed by atoms with Crippen LogP contribution in [-0.4, -0.2) is 54.0 Å². The highest BCUT2D eigenvalue weighted by atomic mass is 16.6. The number of rotatable bonds is 6. The van der Waals surface area contributed by atoms with Crippen molar-refractivity contribution >= 4 is 23.2 Å². The largest absolute Gasteiger partial charge is 0.497 e. The van der Waals surface area contributed by atoms with Crippen molar-refractivity contribution in [3.63, 3.8) is 0 Å². The first-order chi connectivity index (χ1) is 15.9. The maximum absolute atomic E-state index is 12.2. The number of nitro groups is 1. The fourth-order valence-electron chi connectivity index (χ4n) is 4.36. The van der Waals surface area contributed by atoms with E-state index in [9.17, 15) is 19.7 Å². The average Bonchev–Trinajstić information content (AvgIpc) is 3.53. The molecule has 3 heterocycles. The Balaban J connectivity index is 0.000000367. The van der Waals surface area contributed by atoms with Crippen molar-refractivity contribution in [1.82, 2.24) is 4.90 Å². The first kappa shape index (κ1) is 22.7. The number of amides is 2. The first-order valence-corrected chi connectivity index (χ1v) is 11.0. The Hall–Kier alpha value is -3.46. The third-order valence-electron chi connectivity index (χ3n) is 6.22. The first-order valence-electron chi connectivity index (χ1n) is 11.0. The summed E-state index contributed by atoms with van der Waals surface area (Å²) in [5.41, 5.74) is 1.43. The molecule has 2 aromatic carbocycles. The van der Waals surface area contributed by atoms with Gasteiger partial charge in [0, 0.05) is 36.7 Å². The maximum atomic E-state index is 12.2. The zero-order valence-electron chi connectivity index (χ0n) is 18.4. The molecule has 2 bridgehead atoms. The van der Waals surface area contributed by atoms with Gasteiger partial charge in [0.2, 0.25) is 11.8 Å². The van der Waals surface area contributed by atoms with E-state index in [1.807, 2.05) is 24.3 Å². The van der Waals surface area contributed by atoms with E-state index in [-0.39, 0.29) is 30.0 Å². The van der Waals surface area contributed by atoms with Crippen molar-refractivity contribution in [2.24, 2.45) is 0 Å². The van der Waals surface area contributed by atoms with Crippen molar-refractivity contribution in [1.29, 1.82) is 0 Å². The fraction of sp³-hybridized carbons (Fsp3) is 0.417. The van der Waals surface area contributed by atoms with E-state index < -0.39 is 4.92 Å². The highest BCUT2D eigenvalue weighted by Gasteiger charge is 2.36. The lowest BCUT2D eigenvalue weighted by molar-refractivity contribution is -0.384. The van der Waals surface area contributed by atoms with E-state index in [1.165, 1.54) is 48.4 Å². The molecule has 0 spiro atoms. The van der Waals surface area contributed by atoms with Crippen LogP contribution in [0.2, 0.25) is 0 Å². The molecule has 3 saturated heterocycles. The van der Waals surface area contributed by atoms with E-state index in [0.717, 1.165) is 11.3 Å². The molecule has 3 unspecified atom stereocenters. The number of ether oxygens (including phenoxy) is 2. The number of non-ortho nitro benzene ring substituents is 1. The summed E-state index contributed by atoms with van der Waals surface area (Å²) < 4.78 is 10.4. The second kappa shape index (κ2) is 9.99. The number of methoxy groups -OCH3 is 1. The quantitative estimate of drug-likeness (QED) is 0.529. The van der Waals surface area contributed by atoms with Crippen LogP contribution in [-0.2, 0) is 14.3 Å². The summed E-state index contributed by atoms with van der Waals surface area (Å²) in [6, 6.07) is 13.1. The number of fused-ring (bicyclic) bond motifs is 1. The number of nitro benzene ring substituents is 1. The summed E-state index contributed by atoms with van der Waals surface area (Å²) in [6.45, 7) is 0.418. The number of nitrogens with one attached hydrogen (secondary N) is 1. The Morgan fingerprint density at radius 1 is 1.15 bits per heavy atom. The summed E-state index contributed by atoms with van der Waals surface area (Å²) in [5.74, 6) is 0.375. The molecule has 9 nitrogen and oxygen atoms in total. The van der Waals surface area contributed by atoms with Gasteiger partial charge in [0.15, 0.2) is 0 Å². The summed E-state index contributed by atoms with van der Waals surface area (Å²) >= 11 is 0. The van der Waals surface area contributed by atoms with Crippen molar-refractivity contribution in [2.45, 2.75) is 43.8 Å². The van der Waals surface area contributed by atoms with Crippen LogP contribution in [0.3, 0.4) is 0 Å². The molecule has 1 aliphatic carbocycles. The fourth-order valence-corrected chi connectivity index (χ4v) is 4.36. The molecular formula is C24H27N3O6. The van der Waals surface area contributed by atoms with Crippen molar-refractivity contribution in [2.75, 3.05) is 25.5 Å². The molecule has 2 aromatic rings. The molecule has 0 radical (unpaired) electrons. The number of carbonyl (C=O) groups is 2. The zero-order valence-corrected chi connectivity index (χ0v) is 18.4. The number of benzene rings is 2. The molecule has 4 fully saturated rings. The molecule has 2 amide bonds. The molecule has 1 saturated carbocycles. The predicted octanol–water partition coefficient (Wildman–Crippen LogP) is 3.50. The molecule has 0 aromatic heterocycles. The second-order valence-corrected chi connectivity index (χ2v) is 8.49. The monoisotopic (exact) mass is 453 g/mol. The van der Waals surface area contributed by atoms with Crippen LogP contribution >= 0.6 is 0 Å². The van der Waals surface area contributed by atoms with Crippen LogP contribution < -0.4 is 10.1 Å². The van der Waals surface area contributed by atoms with E-state index in [4.69, 9.17) is 9.47 Å². The second-order valence-electron chi connectivity index (χ2n) is 8.49. The lowest BCUT2D eigenvalue weighted by atomic mass is 9.98. The Morgan fingerprint density at radius 3 is 2.30 bits per heavy atom. The van der Waals surface area contributed by atoms with Gasteiger partial charge in [-0.2, -0.15) is 0 Å². The Bertz CT molecular complexity index is 988. The predicted molar refractivity (Wildman–Crippen MR) is 121 cm³/mol. The molecule has 3 atom stereocenters. The highest BCUT2D eigenvalue weighted by Crippen LogP contribution is 2.36. The minimum absolute atomic E-state index is 0.0376. The number of carbonyl (C=O) groups excluding carboxylic acids is 2. The summed E-state index contributed by atoms with van der Waals surface area (Å²) in [5, 5.41) is 13.3. The minimum Gasteiger partial charge on any atom is -0.497 e. The Morgan fingerprint density at radius 2 is 1.79 bits per heavy atom. The maximum Gasteiger partial charge on any atom is 0.269 e. The van der Waals surface area contributed by atoms with Crippen LogP contribution in [0.5, 0.6) is 5.75 Å². The summed E-state index contributed by atoms with van der Waals surface area (Å²) in [6.07, 6.45) is 5.77. The minimum atomic E-state index is -0.506. The molecule has 9 heteroatoms. The number of hydrogen-bond acceptors (Lipinski definition) is 6. The number of anilines is 1. The van der Waals surface area contributed by atoms with Gasteiger partial charge < -0.3 is 19.7 Å². The van der Waals surface area contributed by atoms with Gasteiger partial charge in [0.1, 0.15) is 5.75 Å². The van der Waals surface area contributed by atoms with Gasteiger partial charge in [-0.15, -0.1) is 0 Å². The van der Waals surface area contributed by atoms with E-state index in [2.05, 4.69) is 5.32 Å². The van der Waals surface area contributed by atoms with E-state index in [1.54, 1.807) is 7.11 Å². The van der Waals surface area contributed by atoms with Gasteiger partial charge in [-0.05, 0) is 49.1 Å². The third kappa shape index (κ3) is 5.67. The lowest BCUT2D eigenvalue weighted by Crippen LogP contribution is -2.34. The SMILES string of the molecule is C1CC2CC1O2.COc1ccc(C2CC(=O)N(CC(=O)Nc3ccc([N+](=O)[O-])cc3)C2)cc1. The van der Waals surface area contributed by atoms with Crippen LogP contribution in [0.25, 0.3) is 0 Å². The molecule has 6 rings (SSSR count). The smallest absolute Gasteiger partial charge is 0.269 e. The van der Waals surface area contributed by atoms with Gasteiger partial charge in [-0.1, -0.05) is 12.1 Å². The number of likely N-dealkylation sites (tertiary alicyclic amines) is 1. The molecule has 3 aliphatic heterocycles. The van der Waals surface area contributed by atoms with Crippen molar-refractivity contribution in [3.05, 3.63) is 64.2 Å². The van der Waals surface area contributed by atoms with Gasteiger partial charge in [-0.25, -0.2) is 0 Å². The van der Waals surface area contributed by atoms with Crippen molar-refractivity contribution in [3.8, 4) is 5.75 Å². The van der Waals surface area contributed by atoms with Crippen LogP contribution in [0, 0.1) is 10.1 Å². The van der Waals surface area contributed by atoms with Crippen LogP contribution in [0.15, 0.2) is 48.5 Å². The number of nitrogens with zero attached hydrogens (tertiary/aromatic N) is 2. The van der Waals surface area contributed by atoms with Gasteiger partial charge in [0.25, 0.3) is 5.69 Å². The standard InChI is InChI=1S/C19H19N3O5.C5H8O/c1-27-17-8-2-13(3-9-17)14-10-19(24)21(11-14)12-18(23)20-15-4-6-16(7-5-15)22(25)26;1-2-5-3-4(1)6-5/h2-9,14H,10-12H2,1H3,(H,20,23);4-5H,1-3H2. The van der Waals surface area contributed by atoms with Crippen LogP contribution in [0.4, 0.5) is 11.4 Å². The lowest BCUT2D eigenvalue weighted by Gasteiger charge is -2.23. The number of hydrogen-bond donors (Lipinski definition) is 1. The van der Waals surface area contributed by atoms with E-state index >= 15 is 0 Å². The highest BCUT2D eigenvalue weighted by molar-refractivity contribution is 5.95. The Kier molecular flexibility index (Phi) is 6.88. The topological polar surface area (TPSA) is 111 Å². The van der Waals surface area contributed by atoms with Gasteiger partial charge in [0.05, 0.1) is 30.8 Å². The average molecular weight is 453 g/mol. The zero-order chi connectivity index (χ0) is 23.4. The molecule has 4 aliphatic rings. The normalized spacial score (nSPS) is 22.8. The van der Waals surface area contributed by atoms with Crippen LogP contribution in [0.1, 0.15) is 37.2 Å².